The van der Waals surface area contributed by atoms with E-state index >= 15 is 0 Å². The molecule has 0 aliphatic rings. The first-order chi connectivity index (χ1) is 32.2. The Morgan fingerprint density at radius 3 is 1.35 bits per heavy atom. The van der Waals surface area contributed by atoms with Crippen molar-refractivity contribution in [3.63, 3.8) is 0 Å². The third-order valence-corrected chi connectivity index (χ3v) is 13.0. The second-order valence-electron chi connectivity index (χ2n) is 16.9. The van der Waals surface area contributed by atoms with Crippen molar-refractivity contribution < 1.29 is 0 Å². The summed E-state index contributed by atoms with van der Waals surface area (Å²) in [6.45, 7) is 0. The van der Waals surface area contributed by atoms with Crippen molar-refractivity contribution >= 4 is 60.2 Å². The highest BCUT2D eigenvalue weighted by atomic mass is 15.1. The number of fused-ring (bicyclic) bond motifs is 5. The van der Waals surface area contributed by atoms with Gasteiger partial charge in [0, 0.05) is 16.8 Å². The number of hydrogen-bond donors (Lipinski definition) is 0. The van der Waals surface area contributed by atoms with E-state index in [2.05, 4.69) is 266 Å². The first kappa shape index (κ1) is 38.2. The van der Waals surface area contributed by atoms with Crippen molar-refractivity contribution in [2.24, 2.45) is 0 Å². The Labute approximate surface area is 379 Å². The van der Waals surface area contributed by atoms with Gasteiger partial charge >= 0.3 is 0 Å². The van der Waals surface area contributed by atoms with E-state index in [1.165, 1.54) is 98.7 Å². The predicted molar refractivity (Wildman–Crippen MR) is 278 cm³/mol. The molecule has 12 aromatic rings. The topological polar surface area (TPSA) is 3.24 Å². The first-order valence-electron chi connectivity index (χ1n) is 22.4. The molecule has 0 heterocycles. The van der Waals surface area contributed by atoms with Crippen molar-refractivity contribution in [2.75, 3.05) is 4.90 Å². The van der Waals surface area contributed by atoms with Crippen LogP contribution in [-0.4, -0.2) is 0 Å². The molecule has 0 aliphatic carbocycles. The van der Waals surface area contributed by atoms with Gasteiger partial charge in [-0.05, 0) is 142 Å². The summed E-state index contributed by atoms with van der Waals surface area (Å²) in [5.41, 5.74) is 15.2. The van der Waals surface area contributed by atoms with Gasteiger partial charge in [-0.15, -0.1) is 0 Å². The molecular weight excluding hydrogens is 783 g/mol. The standard InChI is InChI=1S/C64H43N/c1-4-17-44(18-5-1)53-40-50-25-12-14-28-57(50)60(41-53)49-33-36-54(37-34-49)65(63-30-16-26-45-23-11-15-29-59(45)63)55-42-61(46-19-6-2-7-20-46)64(62(43-55)47-21-8-3-9-22-47)52-35-38-58-51(39-52)32-31-48-24-10-13-27-56(48)58/h1-43H. The maximum absolute atomic E-state index is 2.46. The highest BCUT2D eigenvalue weighted by Gasteiger charge is 2.23. The molecule has 0 saturated heterocycles. The van der Waals surface area contributed by atoms with Gasteiger partial charge in [-0.3, -0.25) is 0 Å². The minimum atomic E-state index is 1.08. The Morgan fingerprint density at radius 2 is 0.677 bits per heavy atom. The van der Waals surface area contributed by atoms with Crippen LogP contribution < -0.4 is 4.90 Å². The molecule has 304 valence electrons. The van der Waals surface area contributed by atoms with Gasteiger partial charge in [-0.2, -0.15) is 0 Å². The van der Waals surface area contributed by atoms with Gasteiger partial charge < -0.3 is 4.90 Å². The van der Waals surface area contributed by atoms with Gasteiger partial charge in [-0.1, -0.05) is 212 Å². The molecule has 0 bridgehead atoms. The van der Waals surface area contributed by atoms with Crippen LogP contribution in [0.25, 0.3) is 98.7 Å². The number of hydrogen-bond acceptors (Lipinski definition) is 1. The molecule has 0 spiro atoms. The summed E-state index contributed by atoms with van der Waals surface area (Å²) in [6, 6.07) is 95.5. The van der Waals surface area contributed by atoms with E-state index in [4.69, 9.17) is 0 Å². The van der Waals surface area contributed by atoms with E-state index in [1.54, 1.807) is 0 Å². The average Bonchev–Trinajstić information content (AvgIpc) is 3.39. The smallest absolute Gasteiger partial charge is 0.0540 e. The molecule has 12 aromatic carbocycles. The van der Waals surface area contributed by atoms with Gasteiger partial charge in [-0.25, -0.2) is 0 Å². The summed E-state index contributed by atoms with van der Waals surface area (Å²) in [4.78, 5) is 2.46. The van der Waals surface area contributed by atoms with Crippen LogP contribution in [0.1, 0.15) is 0 Å². The molecule has 0 unspecified atom stereocenters. The summed E-state index contributed by atoms with van der Waals surface area (Å²) in [5, 5.41) is 9.86. The fraction of sp³-hybridized carbons (Fsp3) is 0. The quantitative estimate of drug-likeness (QED) is 0.138. The fourth-order valence-electron chi connectivity index (χ4n) is 9.89. The van der Waals surface area contributed by atoms with Gasteiger partial charge in [0.1, 0.15) is 0 Å². The minimum absolute atomic E-state index is 1.08. The Kier molecular flexibility index (Phi) is 9.58. The van der Waals surface area contributed by atoms with Crippen molar-refractivity contribution in [1.82, 2.24) is 0 Å². The van der Waals surface area contributed by atoms with E-state index < -0.39 is 0 Å². The molecule has 12 rings (SSSR count). The fourth-order valence-corrected chi connectivity index (χ4v) is 9.89. The van der Waals surface area contributed by atoms with E-state index in [-0.39, 0.29) is 0 Å². The second kappa shape index (κ2) is 16.3. The number of nitrogens with zero attached hydrogens (tertiary/aromatic N) is 1. The van der Waals surface area contributed by atoms with Crippen LogP contribution in [0.15, 0.2) is 261 Å². The zero-order valence-corrected chi connectivity index (χ0v) is 35.8. The molecular formula is C64H43N. The minimum Gasteiger partial charge on any atom is -0.310 e. The van der Waals surface area contributed by atoms with E-state index in [9.17, 15) is 0 Å². The zero-order valence-electron chi connectivity index (χ0n) is 35.8. The van der Waals surface area contributed by atoms with Crippen molar-refractivity contribution in [2.45, 2.75) is 0 Å². The van der Waals surface area contributed by atoms with Gasteiger partial charge in [0.25, 0.3) is 0 Å². The third-order valence-electron chi connectivity index (χ3n) is 13.0. The lowest BCUT2D eigenvalue weighted by atomic mass is 9.85. The highest BCUT2D eigenvalue weighted by Crippen LogP contribution is 2.48. The summed E-state index contributed by atoms with van der Waals surface area (Å²) >= 11 is 0. The molecule has 0 aliphatic heterocycles. The largest absolute Gasteiger partial charge is 0.310 e. The summed E-state index contributed by atoms with van der Waals surface area (Å²) < 4.78 is 0. The van der Waals surface area contributed by atoms with Crippen molar-refractivity contribution in [3.05, 3.63) is 261 Å². The number of anilines is 3. The molecule has 1 heteroatoms. The van der Waals surface area contributed by atoms with Gasteiger partial charge in [0.2, 0.25) is 0 Å². The Bertz CT molecular complexity index is 3620. The molecule has 0 aromatic heterocycles. The van der Waals surface area contributed by atoms with Crippen LogP contribution in [0, 0.1) is 0 Å². The summed E-state index contributed by atoms with van der Waals surface area (Å²) in [7, 11) is 0. The lowest BCUT2D eigenvalue weighted by Crippen LogP contribution is -2.11. The van der Waals surface area contributed by atoms with Crippen LogP contribution >= 0.6 is 0 Å². The van der Waals surface area contributed by atoms with Crippen LogP contribution in [0.5, 0.6) is 0 Å². The zero-order chi connectivity index (χ0) is 43.1. The lowest BCUT2D eigenvalue weighted by Gasteiger charge is -2.29. The van der Waals surface area contributed by atoms with E-state index in [0.29, 0.717) is 0 Å². The summed E-state index contributed by atoms with van der Waals surface area (Å²) in [6.07, 6.45) is 0. The maximum atomic E-state index is 2.46. The van der Waals surface area contributed by atoms with Gasteiger partial charge in [0.15, 0.2) is 0 Å². The molecule has 1 nitrogen and oxygen atoms in total. The molecule has 0 N–H and O–H groups in total. The van der Waals surface area contributed by atoms with Crippen molar-refractivity contribution in [1.29, 1.82) is 0 Å². The summed E-state index contributed by atoms with van der Waals surface area (Å²) in [5.74, 6) is 0. The Balaban J connectivity index is 1.10. The number of rotatable bonds is 8. The maximum Gasteiger partial charge on any atom is 0.0540 e. The first-order valence-corrected chi connectivity index (χ1v) is 22.4. The van der Waals surface area contributed by atoms with Crippen LogP contribution in [0.3, 0.4) is 0 Å². The normalized spacial score (nSPS) is 11.4. The lowest BCUT2D eigenvalue weighted by molar-refractivity contribution is 1.30. The Hall–Kier alpha value is -8.52. The molecule has 0 radical (unpaired) electrons. The van der Waals surface area contributed by atoms with Crippen LogP contribution in [0.4, 0.5) is 17.1 Å². The van der Waals surface area contributed by atoms with Crippen molar-refractivity contribution in [3.8, 4) is 55.6 Å². The molecule has 0 amide bonds. The average molecular weight is 826 g/mol. The predicted octanol–water partition coefficient (Wildman–Crippen LogP) is 18.1. The number of benzene rings is 12. The third kappa shape index (κ3) is 7.01. The molecule has 0 atom stereocenters. The monoisotopic (exact) mass is 825 g/mol. The Morgan fingerprint density at radius 1 is 0.215 bits per heavy atom. The second-order valence-corrected chi connectivity index (χ2v) is 16.9. The van der Waals surface area contributed by atoms with Crippen LogP contribution in [-0.2, 0) is 0 Å². The molecule has 0 saturated carbocycles. The van der Waals surface area contributed by atoms with Crippen LogP contribution in [0.2, 0.25) is 0 Å². The van der Waals surface area contributed by atoms with E-state index in [1.807, 2.05) is 0 Å². The molecule has 0 fully saturated rings. The highest BCUT2D eigenvalue weighted by molar-refractivity contribution is 6.10. The SMILES string of the molecule is c1ccc(-c2cc(-c3ccc(N(c4cc(-c5ccccc5)c(-c5ccc6c(ccc7ccccc76)c5)c(-c5ccccc5)c4)c4cccc5ccccc45)cc3)c3ccccc3c2)cc1. The molecule has 65 heavy (non-hydrogen) atoms. The van der Waals surface area contributed by atoms with E-state index in [0.717, 1.165) is 17.1 Å². The van der Waals surface area contributed by atoms with Gasteiger partial charge in [0.05, 0.1) is 5.69 Å².